The zero-order chi connectivity index (χ0) is 14.7. The summed E-state index contributed by atoms with van der Waals surface area (Å²) in [5, 5.41) is 0. The summed E-state index contributed by atoms with van der Waals surface area (Å²) in [5.41, 5.74) is 5.00. The quantitative estimate of drug-likeness (QED) is 0.797. The molecule has 4 heteroatoms. The summed E-state index contributed by atoms with van der Waals surface area (Å²) in [6.07, 6.45) is 5.07. The fourth-order valence-electron chi connectivity index (χ4n) is 2.77. The van der Waals surface area contributed by atoms with Crippen molar-refractivity contribution in [1.82, 2.24) is 4.90 Å². The topological polar surface area (TPSA) is 55.6 Å². The van der Waals surface area contributed by atoms with E-state index in [1.54, 1.807) is 0 Å². The molecule has 0 radical (unpaired) electrons. The average molecular weight is 270 g/mol. The lowest BCUT2D eigenvalue weighted by atomic mass is 10.0. The number of nitrogens with two attached hydrogens (primary N) is 1. The van der Waals surface area contributed by atoms with Crippen molar-refractivity contribution >= 4 is 6.09 Å². The Balaban J connectivity index is 2.69. The van der Waals surface area contributed by atoms with Crippen LogP contribution in [0.15, 0.2) is 0 Å². The van der Waals surface area contributed by atoms with Gasteiger partial charge < -0.3 is 15.4 Å². The first kappa shape index (κ1) is 16.3. The molecule has 0 aromatic heterocycles. The molecule has 4 nitrogen and oxygen atoms in total. The Morgan fingerprint density at radius 2 is 2.00 bits per heavy atom. The Morgan fingerprint density at radius 1 is 1.37 bits per heavy atom. The van der Waals surface area contributed by atoms with Crippen molar-refractivity contribution in [2.45, 2.75) is 83.9 Å². The fourth-order valence-corrected chi connectivity index (χ4v) is 2.77. The minimum Gasteiger partial charge on any atom is -0.444 e. The highest BCUT2D eigenvalue weighted by Gasteiger charge is 2.43. The zero-order valence-electron chi connectivity index (χ0n) is 13.2. The molecule has 1 amide bonds. The van der Waals surface area contributed by atoms with Gasteiger partial charge in [0.1, 0.15) is 5.60 Å². The molecule has 0 bridgehead atoms. The molecule has 1 heterocycles. The lowest BCUT2D eigenvalue weighted by Crippen LogP contribution is -2.49. The Kier molecular flexibility index (Phi) is 5.25. The normalized spacial score (nSPS) is 22.6. The third-order valence-corrected chi connectivity index (χ3v) is 3.69. The Hall–Kier alpha value is -0.770. The molecule has 1 atom stereocenters. The van der Waals surface area contributed by atoms with Crippen LogP contribution >= 0.6 is 0 Å². The van der Waals surface area contributed by atoms with Gasteiger partial charge in [-0.05, 0) is 66.8 Å². The van der Waals surface area contributed by atoms with E-state index in [9.17, 15) is 4.79 Å². The van der Waals surface area contributed by atoms with E-state index in [-0.39, 0.29) is 11.6 Å². The minimum atomic E-state index is -0.433. The van der Waals surface area contributed by atoms with Gasteiger partial charge in [-0.25, -0.2) is 4.79 Å². The fraction of sp³-hybridized carbons (Fsp3) is 0.933. The van der Waals surface area contributed by atoms with Crippen LogP contribution in [0.2, 0.25) is 0 Å². The number of hydrogen-bond acceptors (Lipinski definition) is 3. The predicted molar refractivity (Wildman–Crippen MR) is 78.1 cm³/mol. The predicted octanol–water partition coefficient (Wildman–Crippen LogP) is 3.29. The SMILES string of the molecule is CC(C)(C)OC(=O)N1C(CCCCN)CCC1(C)C. The highest BCUT2D eigenvalue weighted by Crippen LogP contribution is 2.36. The van der Waals surface area contributed by atoms with Crippen LogP contribution in [0.1, 0.15) is 66.7 Å². The van der Waals surface area contributed by atoms with Crippen LogP contribution in [0.25, 0.3) is 0 Å². The van der Waals surface area contributed by atoms with E-state index >= 15 is 0 Å². The van der Waals surface area contributed by atoms with Gasteiger partial charge in [-0.2, -0.15) is 0 Å². The molecular weight excluding hydrogens is 240 g/mol. The molecular formula is C15H30N2O2. The van der Waals surface area contributed by atoms with Gasteiger partial charge in [0, 0.05) is 11.6 Å². The first-order chi connectivity index (χ1) is 8.67. The second-order valence-electron chi connectivity index (χ2n) is 7.14. The molecule has 0 aliphatic carbocycles. The molecule has 1 fully saturated rings. The number of likely N-dealkylation sites (tertiary alicyclic amines) is 1. The molecule has 1 rings (SSSR count). The summed E-state index contributed by atoms with van der Waals surface area (Å²) in [6, 6.07) is 0.302. The van der Waals surface area contributed by atoms with Gasteiger partial charge in [0.05, 0.1) is 0 Å². The van der Waals surface area contributed by atoms with Crippen LogP contribution in [-0.2, 0) is 4.74 Å². The van der Waals surface area contributed by atoms with Crippen LogP contribution in [-0.4, -0.2) is 34.7 Å². The summed E-state index contributed by atoms with van der Waals surface area (Å²) in [5.74, 6) is 0. The number of carbonyl (C=O) groups excluding carboxylic acids is 1. The smallest absolute Gasteiger partial charge is 0.410 e. The van der Waals surface area contributed by atoms with Crippen LogP contribution < -0.4 is 5.73 Å². The van der Waals surface area contributed by atoms with E-state index in [1.807, 2.05) is 25.7 Å². The number of amides is 1. The van der Waals surface area contributed by atoms with Crippen LogP contribution in [0, 0.1) is 0 Å². The van der Waals surface area contributed by atoms with Gasteiger partial charge >= 0.3 is 6.09 Å². The van der Waals surface area contributed by atoms with Gasteiger partial charge in [0.25, 0.3) is 0 Å². The first-order valence-corrected chi connectivity index (χ1v) is 7.40. The standard InChI is InChI=1S/C15H30N2O2/c1-14(2,3)19-13(18)17-12(8-6-7-11-16)9-10-15(17,4)5/h12H,6-11,16H2,1-5H3. The van der Waals surface area contributed by atoms with Crippen LogP contribution in [0.3, 0.4) is 0 Å². The summed E-state index contributed by atoms with van der Waals surface area (Å²) < 4.78 is 5.56. The van der Waals surface area contributed by atoms with Gasteiger partial charge in [-0.15, -0.1) is 0 Å². The summed E-state index contributed by atoms with van der Waals surface area (Å²) >= 11 is 0. The van der Waals surface area contributed by atoms with Crippen LogP contribution in [0.4, 0.5) is 4.79 Å². The van der Waals surface area contributed by atoms with E-state index < -0.39 is 5.60 Å². The number of carbonyl (C=O) groups is 1. The van der Waals surface area contributed by atoms with E-state index in [4.69, 9.17) is 10.5 Å². The third-order valence-electron chi connectivity index (χ3n) is 3.69. The van der Waals surface area contributed by atoms with Gasteiger partial charge in [-0.3, -0.25) is 0 Å². The van der Waals surface area contributed by atoms with Crippen molar-refractivity contribution < 1.29 is 9.53 Å². The summed E-state index contributed by atoms with van der Waals surface area (Å²) in [6.45, 7) is 10.7. The number of unbranched alkanes of at least 4 members (excludes halogenated alkanes) is 1. The van der Waals surface area contributed by atoms with E-state index in [2.05, 4.69) is 13.8 Å². The maximum atomic E-state index is 12.4. The highest BCUT2D eigenvalue weighted by atomic mass is 16.6. The number of ether oxygens (including phenoxy) is 1. The molecule has 112 valence electrons. The molecule has 19 heavy (non-hydrogen) atoms. The van der Waals surface area contributed by atoms with Gasteiger partial charge in [0.2, 0.25) is 0 Å². The molecule has 2 N–H and O–H groups in total. The highest BCUT2D eigenvalue weighted by molar-refractivity contribution is 5.70. The minimum absolute atomic E-state index is 0.101. The molecule has 1 saturated heterocycles. The van der Waals surface area contributed by atoms with E-state index in [0.29, 0.717) is 6.04 Å². The monoisotopic (exact) mass is 270 g/mol. The first-order valence-electron chi connectivity index (χ1n) is 7.40. The second kappa shape index (κ2) is 6.12. The van der Waals surface area contributed by atoms with Gasteiger partial charge in [0.15, 0.2) is 0 Å². The van der Waals surface area contributed by atoms with Crippen molar-refractivity contribution in [3.05, 3.63) is 0 Å². The number of hydrogen-bond donors (Lipinski definition) is 1. The molecule has 0 saturated carbocycles. The average Bonchev–Trinajstić information content (AvgIpc) is 2.52. The zero-order valence-corrected chi connectivity index (χ0v) is 13.2. The molecule has 0 aromatic rings. The maximum absolute atomic E-state index is 12.4. The van der Waals surface area contributed by atoms with Crippen molar-refractivity contribution in [1.29, 1.82) is 0 Å². The van der Waals surface area contributed by atoms with Crippen molar-refractivity contribution in [3.8, 4) is 0 Å². The summed E-state index contributed by atoms with van der Waals surface area (Å²) in [4.78, 5) is 14.4. The Labute approximate surface area is 117 Å². The van der Waals surface area contributed by atoms with Gasteiger partial charge in [-0.1, -0.05) is 6.42 Å². The van der Waals surface area contributed by atoms with Crippen molar-refractivity contribution in [3.63, 3.8) is 0 Å². The Morgan fingerprint density at radius 3 is 2.53 bits per heavy atom. The second-order valence-corrected chi connectivity index (χ2v) is 7.14. The van der Waals surface area contributed by atoms with Crippen molar-refractivity contribution in [2.75, 3.05) is 6.54 Å². The molecule has 1 unspecified atom stereocenters. The lowest BCUT2D eigenvalue weighted by Gasteiger charge is -2.37. The number of rotatable bonds is 4. The Bertz CT molecular complexity index is 308. The van der Waals surface area contributed by atoms with E-state index in [1.165, 1.54) is 0 Å². The third kappa shape index (κ3) is 4.68. The molecule has 1 aliphatic heterocycles. The van der Waals surface area contributed by atoms with E-state index in [0.717, 1.165) is 38.6 Å². The molecule has 0 aromatic carbocycles. The summed E-state index contributed by atoms with van der Waals surface area (Å²) in [7, 11) is 0. The number of nitrogens with zero attached hydrogens (tertiary/aromatic N) is 1. The molecule has 1 aliphatic rings. The molecule has 0 spiro atoms. The lowest BCUT2D eigenvalue weighted by molar-refractivity contribution is 0.00285. The largest absolute Gasteiger partial charge is 0.444 e. The van der Waals surface area contributed by atoms with Crippen LogP contribution in [0.5, 0.6) is 0 Å². The maximum Gasteiger partial charge on any atom is 0.410 e. The van der Waals surface area contributed by atoms with Crippen molar-refractivity contribution in [2.24, 2.45) is 5.73 Å².